The van der Waals surface area contributed by atoms with Crippen molar-refractivity contribution in [2.45, 2.75) is 24.2 Å². The van der Waals surface area contributed by atoms with E-state index in [9.17, 15) is 36.6 Å². The Labute approximate surface area is 171 Å². The quantitative estimate of drug-likeness (QED) is 0.486. The van der Waals surface area contributed by atoms with Gasteiger partial charge in [-0.25, -0.2) is 8.78 Å². The number of amides is 1. The zero-order chi connectivity index (χ0) is 22.1. The Kier molecular flexibility index (Phi) is 6.37. The Morgan fingerprint density at radius 1 is 1.13 bits per heavy atom. The molecule has 2 aromatic rings. The monoisotopic (exact) mass is 448 g/mol. The van der Waals surface area contributed by atoms with Crippen LogP contribution in [0.1, 0.15) is 17.4 Å². The molecule has 0 unspecified atom stereocenters. The van der Waals surface area contributed by atoms with Crippen LogP contribution in [0.15, 0.2) is 42.6 Å². The first-order chi connectivity index (χ1) is 14.0. The van der Waals surface area contributed by atoms with Crippen molar-refractivity contribution in [2.75, 3.05) is 18.2 Å². The van der Waals surface area contributed by atoms with Crippen molar-refractivity contribution in [3.8, 4) is 11.1 Å². The van der Waals surface area contributed by atoms with Gasteiger partial charge in [-0.1, -0.05) is 30.3 Å². The molecule has 0 radical (unpaired) electrons. The van der Waals surface area contributed by atoms with Crippen molar-refractivity contribution in [3.63, 3.8) is 0 Å². The number of nitrogens with zero attached hydrogens (tertiary/aromatic N) is 1. The highest BCUT2D eigenvalue weighted by atomic mass is 32.3. The highest BCUT2D eigenvalue weighted by Gasteiger charge is 2.51. The van der Waals surface area contributed by atoms with E-state index in [-0.39, 0.29) is 22.8 Å². The summed E-state index contributed by atoms with van der Waals surface area (Å²) in [5, 5.41) is 11.9. The van der Waals surface area contributed by atoms with Crippen LogP contribution in [0, 0.1) is 0 Å². The molecule has 4 N–H and O–H groups in total. The molecule has 1 aliphatic heterocycles. The van der Waals surface area contributed by atoms with Gasteiger partial charge in [0.25, 0.3) is 5.91 Å². The fourth-order valence-electron chi connectivity index (χ4n) is 3.22. The third-order valence-electron chi connectivity index (χ3n) is 4.80. The fraction of sp³-hybridized carbons (Fsp3) is 0.368. The molecule has 3 rings (SSSR count). The lowest BCUT2D eigenvalue weighted by Crippen LogP contribution is -2.46. The smallest absolute Gasteiger partial charge is 0.315 e. The van der Waals surface area contributed by atoms with Crippen molar-refractivity contribution in [2.24, 2.45) is 0 Å². The number of carbonyl (C=O) groups is 1. The average Bonchev–Trinajstić information content (AvgIpc) is 2.70. The number of aliphatic hydroxyl groups excluding tert-OH is 1. The maximum Gasteiger partial charge on any atom is 0.315 e. The third-order valence-corrected chi connectivity index (χ3v) is 6.64. The number of nitrogens with one attached hydrogen (secondary N) is 1. The van der Waals surface area contributed by atoms with Crippen LogP contribution in [0.4, 0.5) is 17.6 Å². The Morgan fingerprint density at radius 3 is 2.20 bits per heavy atom. The molecule has 0 saturated carbocycles. The number of hydrogen-bond acceptors (Lipinski definition) is 5. The van der Waals surface area contributed by atoms with Crippen molar-refractivity contribution >= 4 is 16.5 Å². The van der Waals surface area contributed by atoms with Crippen LogP contribution in [0.2, 0.25) is 0 Å². The molecule has 1 aromatic carbocycles. The normalized spacial score (nSPS) is 20.1. The van der Waals surface area contributed by atoms with Gasteiger partial charge in [0.2, 0.25) is 0 Å². The Bertz CT molecular complexity index is 888. The second-order valence-electron chi connectivity index (χ2n) is 7.13. The maximum atomic E-state index is 14.6. The molecule has 30 heavy (non-hydrogen) atoms. The molecule has 2 heterocycles. The number of carbonyl (C=O) groups excluding carboxylic acids is 1. The largest absolute Gasteiger partial charge is 0.386 e. The molecule has 164 valence electrons. The van der Waals surface area contributed by atoms with E-state index >= 15 is 0 Å². The van der Waals surface area contributed by atoms with Gasteiger partial charge in [0.1, 0.15) is 12.8 Å². The summed E-state index contributed by atoms with van der Waals surface area (Å²) >= 11 is 0. The molecule has 1 saturated heterocycles. The summed E-state index contributed by atoms with van der Waals surface area (Å²) in [7, 11) is -2.87. The van der Waals surface area contributed by atoms with Crippen LogP contribution >= 0.6 is 10.6 Å². The van der Waals surface area contributed by atoms with Crippen LogP contribution in [0.25, 0.3) is 11.1 Å². The van der Waals surface area contributed by atoms with Crippen LogP contribution in [0.5, 0.6) is 0 Å². The molecule has 1 fully saturated rings. The van der Waals surface area contributed by atoms with Crippen molar-refractivity contribution in [3.05, 3.63) is 53.9 Å². The summed E-state index contributed by atoms with van der Waals surface area (Å²) in [6, 6.07) is 7.58. The minimum absolute atomic E-state index is 0.102. The highest BCUT2D eigenvalue weighted by molar-refractivity contribution is 8.25. The number of aliphatic hydroxyl groups is 1. The van der Waals surface area contributed by atoms with Gasteiger partial charge >= 0.3 is 6.43 Å². The van der Waals surface area contributed by atoms with Crippen LogP contribution in [-0.2, 0) is 10.5 Å². The minimum Gasteiger partial charge on any atom is -0.386 e. The standard InChI is InChI=1S/C19H20F4N2O4S/c20-7-14(25-18(27)17(21)22)16(26)12-3-1-11(2-4-12)13-5-6-15(24-8-13)19(23)9-30(28,29)10-19/h1-6,8,14,16-17,26,28-29H,7,9-10H2,(H,25,27)/t14-,16-/m1/s1. The fourth-order valence-corrected chi connectivity index (χ4v) is 4.90. The maximum absolute atomic E-state index is 14.6. The first kappa shape index (κ1) is 22.5. The Balaban J connectivity index is 1.70. The van der Waals surface area contributed by atoms with E-state index in [4.69, 9.17) is 0 Å². The van der Waals surface area contributed by atoms with E-state index in [1.807, 2.05) is 0 Å². The predicted octanol–water partition coefficient (Wildman–Crippen LogP) is 3.43. The lowest BCUT2D eigenvalue weighted by molar-refractivity contribution is -0.133. The summed E-state index contributed by atoms with van der Waals surface area (Å²) < 4.78 is 71.1. The third kappa shape index (κ3) is 4.75. The number of aromatic nitrogens is 1. The molecule has 0 aliphatic carbocycles. The number of hydrogen-bond donors (Lipinski definition) is 4. The molecular formula is C19H20F4N2O4S. The van der Waals surface area contributed by atoms with Gasteiger partial charge in [-0.05, 0) is 17.2 Å². The lowest BCUT2D eigenvalue weighted by Gasteiger charge is -2.50. The molecule has 1 amide bonds. The highest BCUT2D eigenvalue weighted by Crippen LogP contribution is 2.59. The van der Waals surface area contributed by atoms with Crippen LogP contribution in [-0.4, -0.2) is 55.8 Å². The van der Waals surface area contributed by atoms with Gasteiger partial charge in [-0.3, -0.25) is 18.9 Å². The second-order valence-corrected chi connectivity index (χ2v) is 9.31. The van der Waals surface area contributed by atoms with Gasteiger partial charge in [0.15, 0.2) is 5.67 Å². The summed E-state index contributed by atoms with van der Waals surface area (Å²) in [6.07, 6.45) is -3.43. The van der Waals surface area contributed by atoms with Crippen molar-refractivity contribution < 1.29 is 36.6 Å². The van der Waals surface area contributed by atoms with Gasteiger partial charge in [-0.15, -0.1) is 0 Å². The molecule has 0 bridgehead atoms. The van der Waals surface area contributed by atoms with Crippen molar-refractivity contribution in [1.82, 2.24) is 10.3 Å². The molecule has 1 aromatic heterocycles. The average molecular weight is 448 g/mol. The summed E-state index contributed by atoms with van der Waals surface area (Å²) in [5.74, 6) is -2.43. The number of halogens is 4. The molecule has 11 heteroatoms. The number of alkyl halides is 4. The number of pyridine rings is 1. The lowest BCUT2D eigenvalue weighted by atomic mass is 9.98. The van der Waals surface area contributed by atoms with Gasteiger partial charge in [0.05, 0.1) is 23.2 Å². The Hall–Kier alpha value is -2.21. The Morgan fingerprint density at radius 2 is 1.73 bits per heavy atom. The summed E-state index contributed by atoms with van der Waals surface area (Å²) in [5.41, 5.74) is -0.297. The van der Waals surface area contributed by atoms with E-state index < -0.39 is 47.4 Å². The molecule has 2 atom stereocenters. The molecule has 0 spiro atoms. The van der Waals surface area contributed by atoms with Crippen LogP contribution < -0.4 is 5.32 Å². The van der Waals surface area contributed by atoms with Gasteiger partial charge in [0, 0.05) is 11.8 Å². The summed E-state index contributed by atoms with van der Waals surface area (Å²) in [4.78, 5) is 15.1. The van der Waals surface area contributed by atoms with Gasteiger partial charge < -0.3 is 10.4 Å². The van der Waals surface area contributed by atoms with E-state index in [1.54, 1.807) is 23.5 Å². The molecule has 6 nitrogen and oxygen atoms in total. The SMILES string of the molecule is O=C(N[C@H](CF)[C@H](O)c1ccc(-c2ccc(C3(F)CS(O)(O)C3)nc2)cc1)C(F)F. The van der Waals surface area contributed by atoms with E-state index in [1.165, 1.54) is 24.4 Å². The second kappa shape index (κ2) is 8.50. The van der Waals surface area contributed by atoms with Gasteiger partial charge in [-0.2, -0.15) is 19.4 Å². The predicted molar refractivity (Wildman–Crippen MR) is 104 cm³/mol. The van der Waals surface area contributed by atoms with E-state index in [2.05, 4.69) is 4.98 Å². The minimum atomic E-state index is -3.32. The van der Waals surface area contributed by atoms with Crippen molar-refractivity contribution in [1.29, 1.82) is 0 Å². The van der Waals surface area contributed by atoms with E-state index in [0.29, 0.717) is 11.1 Å². The van der Waals surface area contributed by atoms with E-state index in [0.717, 1.165) is 0 Å². The topological polar surface area (TPSA) is 103 Å². The van der Waals surface area contributed by atoms with Crippen LogP contribution in [0.3, 0.4) is 0 Å². The molecular weight excluding hydrogens is 428 g/mol. The number of benzene rings is 1. The zero-order valence-corrected chi connectivity index (χ0v) is 16.3. The summed E-state index contributed by atoms with van der Waals surface area (Å²) in [6.45, 7) is -1.23. The molecule has 1 aliphatic rings. The number of rotatable bonds is 7. The zero-order valence-electron chi connectivity index (χ0n) is 15.5. The first-order valence-electron chi connectivity index (χ1n) is 8.86. The first-order valence-corrected chi connectivity index (χ1v) is 10.7.